The van der Waals surface area contributed by atoms with Crippen LogP contribution in [0.25, 0.3) is 21.9 Å². The summed E-state index contributed by atoms with van der Waals surface area (Å²) in [5.74, 6) is 1.80. The largest absolute Gasteiger partial charge is 0.459 e. The molecule has 1 unspecified atom stereocenters. The highest BCUT2D eigenvalue weighted by Crippen LogP contribution is 2.51. The molecule has 0 radical (unpaired) electrons. The van der Waals surface area contributed by atoms with Crippen LogP contribution in [0, 0.1) is 0 Å². The van der Waals surface area contributed by atoms with Gasteiger partial charge in [-0.25, -0.2) is 0 Å². The average molecular weight is 302 g/mol. The summed E-state index contributed by atoms with van der Waals surface area (Å²) in [7, 11) is 0. The quantitative estimate of drug-likeness (QED) is 0.644. The van der Waals surface area contributed by atoms with Crippen LogP contribution in [-0.2, 0) is 4.79 Å². The Labute approximate surface area is 132 Å². The third-order valence-electron chi connectivity index (χ3n) is 4.73. The lowest BCUT2D eigenvalue weighted by Crippen LogP contribution is -2.10. The zero-order valence-electron chi connectivity index (χ0n) is 12.6. The van der Waals surface area contributed by atoms with Gasteiger partial charge in [-0.3, -0.25) is 4.79 Å². The Kier molecular flexibility index (Phi) is 2.41. The van der Waals surface area contributed by atoms with Gasteiger partial charge in [0, 0.05) is 10.9 Å². The molecule has 0 N–H and O–H groups in total. The number of ether oxygens (including phenoxy) is 1. The highest BCUT2D eigenvalue weighted by Gasteiger charge is 2.35. The van der Waals surface area contributed by atoms with Crippen molar-refractivity contribution in [2.24, 2.45) is 0 Å². The van der Waals surface area contributed by atoms with Crippen LogP contribution in [0.2, 0.25) is 0 Å². The number of furan rings is 1. The van der Waals surface area contributed by atoms with E-state index < -0.39 is 0 Å². The lowest BCUT2D eigenvalue weighted by Gasteiger charge is -2.15. The molecule has 1 aliphatic heterocycles. The van der Waals surface area contributed by atoms with Crippen LogP contribution >= 0.6 is 0 Å². The summed E-state index contributed by atoms with van der Waals surface area (Å²) in [6.07, 6.45) is 4.80. The fourth-order valence-electron chi connectivity index (χ4n) is 3.68. The Morgan fingerprint density at radius 1 is 1.13 bits per heavy atom. The minimum atomic E-state index is 0.0436. The Morgan fingerprint density at radius 3 is 2.87 bits per heavy atom. The van der Waals surface area contributed by atoms with E-state index in [2.05, 4.69) is 12.1 Å². The first-order valence-electron chi connectivity index (χ1n) is 7.77. The number of benzene rings is 2. The van der Waals surface area contributed by atoms with Crippen LogP contribution in [0.15, 0.2) is 64.3 Å². The summed E-state index contributed by atoms with van der Waals surface area (Å²) in [5, 5.41) is 2.05. The monoisotopic (exact) mass is 302 g/mol. The third kappa shape index (κ3) is 1.62. The van der Waals surface area contributed by atoms with Crippen LogP contribution in [0.3, 0.4) is 0 Å². The predicted octanol–water partition coefficient (Wildman–Crippen LogP) is 4.87. The summed E-state index contributed by atoms with van der Waals surface area (Å²) >= 11 is 0. The maximum atomic E-state index is 11.9. The number of ketones is 1. The molecule has 3 aromatic rings. The van der Waals surface area contributed by atoms with Gasteiger partial charge >= 0.3 is 0 Å². The van der Waals surface area contributed by atoms with Gasteiger partial charge in [0.05, 0.1) is 16.9 Å². The van der Waals surface area contributed by atoms with E-state index in [1.54, 1.807) is 6.92 Å². The standard InChI is InChI=1S/C20H14O3/c1-11(21)12-6-4-7-13-14-9-10-17-18(20(14)23-19(12)13)15-5-2-3-8-16(15)22-17/h2-6,8-10,13H,7H2,1H3. The first-order chi connectivity index (χ1) is 11.2. The van der Waals surface area contributed by atoms with Crippen molar-refractivity contribution in [3.63, 3.8) is 0 Å². The molecule has 0 amide bonds. The normalized spacial score (nSPS) is 19.1. The molecule has 3 nitrogen and oxygen atoms in total. The first kappa shape index (κ1) is 12.7. The van der Waals surface area contributed by atoms with Gasteiger partial charge in [-0.1, -0.05) is 36.4 Å². The van der Waals surface area contributed by atoms with Crippen molar-refractivity contribution in [3.05, 3.63) is 65.4 Å². The molecule has 0 spiro atoms. The molecule has 23 heavy (non-hydrogen) atoms. The highest BCUT2D eigenvalue weighted by molar-refractivity contribution is 6.09. The Morgan fingerprint density at radius 2 is 2.00 bits per heavy atom. The zero-order valence-corrected chi connectivity index (χ0v) is 12.6. The molecule has 0 bridgehead atoms. The number of Topliss-reactive ketones (excluding diaryl/α,β-unsaturated/α-hetero) is 1. The van der Waals surface area contributed by atoms with Gasteiger partial charge in [-0.15, -0.1) is 0 Å². The molecule has 2 aromatic carbocycles. The van der Waals surface area contributed by atoms with E-state index in [1.165, 1.54) is 0 Å². The highest BCUT2D eigenvalue weighted by atomic mass is 16.5. The van der Waals surface area contributed by atoms with Crippen LogP contribution in [0.1, 0.15) is 24.8 Å². The van der Waals surface area contributed by atoms with Crippen LogP contribution < -0.4 is 4.74 Å². The molecule has 5 rings (SSSR count). The topological polar surface area (TPSA) is 39.4 Å². The molecular weight excluding hydrogens is 288 g/mol. The second-order valence-corrected chi connectivity index (χ2v) is 6.08. The van der Waals surface area contributed by atoms with Gasteiger partial charge in [-0.2, -0.15) is 0 Å². The van der Waals surface area contributed by atoms with Gasteiger partial charge in [0.2, 0.25) is 0 Å². The molecule has 2 heterocycles. The smallest absolute Gasteiger partial charge is 0.163 e. The Bertz CT molecular complexity index is 1050. The Hall–Kier alpha value is -2.81. The molecule has 3 heteroatoms. The summed E-state index contributed by atoms with van der Waals surface area (Å²) in [6, 6.07) is 12.0. The van der Waals surface area contributed by atoms with Gasteiger partial charge in [-0.05, 0) is 25.5 Å². The molecule has 112 valence electrons. The number of hydrogen-bond donors (Lipinski definition) is 0. The lowest BCUT2D eigenvalue weighted by atomic mass is 9.88. The van der Waals surface area contributed by atoms with Crippen molar-refractivity contribution in [1.82, 2.24) is 0 Å². The maximum absolute atomic E-state index is 11.9. The molecule has 1 aliphatic carbocycles. The fraction of sp³-hybridized carbons (Fsp3) is 0.150. The van der Waals surface area contributed by atoms with E-state index in [-0.39, 0.29) is 11.7 Å². The summed E-state index contributed by atoms with van der Waals surface area (Å²) in [6.45, 7) is 1.59. The van der Waals surface area contributed by atoms with Crippen LogP contribution in [0.5, 0.6) is 5.75 Å². The van der Waals surface area contributed by atoms with Gasteiger partial charge in [0.25, 0.3) is 0 Å². The molecule has 1 atom stereocenters. The number of carbonyl (C=O) groups excluding carboxylic acids is 1. The van der Waals surface area contributed by atoms with Crippen molar-refractivity contribution in [3.8, 4) is 5.75 Å². The number of para-hydroxylation sites is 1. The van der Waals surface area contributed by atoms with Crippen molar-refractivity contribution in [2.45, 2.75) is 19.3 Å². The second-order valence-electron chi connectivity index (χ2n) is 6.08. The van der Waals surface area contributed by atoms with Crippen molar-refractivity contribution < 1.29 is 13.9 Å². The SMILES string of the molecule is CC(=O)C1=C2Oc3c(ccc4oc5ccccc5c34)C2CC=C1. The molecule has 2 aliphatic rings. The van der Waals surface area contributed by atoms with Crippen molar-refractivity contribution >= 4 is 27.7 Å². The number of rotatable bonds is 1. The predicted molar refractivity (Wildman–Crippen MR) is 88.6 cm³/mol. The summed E-state index contributed by atoms with van der Waals surface area (Å²) < 4.78 is 12.1. The van der Waals surface area contributed by atoms with E-state index in [1.807, 2.05) is 36.4 Å². The third-order valence-corrected chi connectivity index (χ3v) is 4.73. The average Bonchev–Trinajstić information content (AvgIpc) is 3.11. The van der Waals surface area contributed by atoms with Gasteiger partial charge < -0.3 is 9.15 Å². The number of allylic oxidation sites excluding steroid dienone is 4. The number of carbonyl (C=O) groups is 1. The zero-order chi connectivity index (χ0) is 15.6. The molecule has 1 aromatic heterocycles. The van der Waals surface area contributed by atoms with Crippen LogP contribution in [-0.4, -0.2) is 5.78 Å². The molecule has 0 saturated heterocycles. The van der Waals surface area contributed by atoms with Gasteiger partial charge in [0.1, 0.15) is 22.7 Å². The van der Waals surface area contributed by atoms with E-state index in [0.29, 0.717) is 5.57 Å². The van der Waals surface area contributed by atoms with E-state index in [0.717, 1.165) is 45.4 Å². The number of hydrogen-bond acceptors (Lipinski definition) is 3. The molecule has 0 saturated carbocycles. The maximum Gasteiger partial charge on any atom is 0.163 e. The van der Waals surface area contributed by atoms with Crippen molar-refractivity contribution in [1.29, 1.82) is 0 Å². The fourth-order valence-corrected chi connectivity index (χ4v) is 3.68. The van der Waals surface area contributed by atoms with E-state index >= 15 is 0 Å². The van der Waals surface area contributed by atoms with Crippen LogP contribution in [0.4, 0.5) is 0 Å². The minimum Gasteiger partial charge on any atom is -0.459 e. The van der Waals surface area contributed by atoms with Crippen molar-refractivity contribution in [2.75, 3.05) is 0 Å². The first-order valence-corrected chi connectivity index (χ1v) is 7.77. The van der Waals surface area contributed by atoms with E-state index in [9.17, 15) is 4.79 Å². The second kappa shape index (κ2) is 4.35. The minimum absolute atomic E-state index is 0.0436. The van der Waals surface area contributed by atoms with E-state index in [4.69, 9.17) is 9.15 Å². The summed E-state index contributed by atoms with van der Waals surface area (Å²) in [5.41, 5.74) is 3.50. The number of fused-ring (bicyclic) bond motifs is 7. The summed E-state index contributed by atoms with van der Waals surface area (Å²) in [4.78, 5) is 11.9. The molecule has 0 fully saturated rings. The van der Waals surface area contributed by atoms with Gasteiger partial charge in [0.15, 0.2) is 5.78 Å². The molecular formula is C20H14O3. The lowest BCUT2D eigenvalue weighted by molar-refractivity contribution is -0.113. The Balaban J connectivity index is 1.84.